The first-order chi connectivity index (χ1) is 10.8. The van der Waals surface area contributed by atoms with Gasteiger partial charge in [-0.3, -0.25) is 0 Å². The zero-order chi connectivity index (χ0) is 17.6. The molecule has 0 N–H and O–H groups in total. The van der Waals surface area contributed by atoms with Crippen molar-refractivity contribution in [1.82, 2.24) is 24.0 Å². The number of rotatable bonds is 8. The molecule has 0 saturated heterocycles. The van der Waals surface area contributed by atoms with E-state index in [9.17, 15) is 13.2 Å². The first kappa shape index (κ1) is 19.0. The van der Waals surface area contributed by atoms with Crippen LogP contribution in [-0.2, 0) is 10.0 Å². The number of hydrogen-bond donors (Lipinski definition) is 0. The summed E-state index contributed by atoms with van der Waals surface area (Å²) in [6.07, 6.45) is 4.03. The van der Waals surface area contributed by atoms with Gasteiger partial charge in [0, 0.05) is 25.7 Å². The lowest BCUT2D eigenvalue weighted by Gasteiger charge is -2.24. The summed E-state index contributed by atoms with van der Waals surface area (Å²) in [5.74, 6) is 0. The molecule has 9 heteroatoms. The highest BCUT2D eigenvalue weighted by molar-refractivity contribution is 7.89. The van der Waals surface area contributed by atoms with E-state index >= 15 is 0 Å². The van der Waals surface area contributed by atoms with Gasteiger partial charge in [0.2, 0.25) is 0 Å². The molecule has 0 aliphatic rings. The monoisotopic (exact) mass is 341 g/mol. The van der Waals surface area contributed by atoms with Crippen LogP contribution in [0.25, 0.3) is 0 Å². The van der Waals surface area contributed by atoms with Gasteiger partial charge in [0.1, 0.15) is 6.33 Å². The Balaban J connectivity index is 3.13. The van der Waals surface area contributed by atoms with Crippen molar-refractivity contribution in [2.45, 2.75) is 32.0 Å². The Morgan fingerprint density at radius 2 is 1.91 bits per heavy atom. The molecule has 1 heterocycles. The lowest BCUT2D eigenvalue weighted by molar-refractivity contribution is 0.185. The lowest BCUT2D eigenvalue weighted by atomic mass is 10.3. The van der Waals surface area contributed by atoms with Crippen molar-refractivity contribution in [2.75, 3.05) is 19.6 Å². The molecular formula is C14H23N5O3S. The first-order valence-electron chi connectivity index (χ1n) is 7.24. The zero-order valence-electron chi connectivity index (χ0n) is 13.7. The standard InChI is InChI=1S/C14H23N5O3S/c1-6-9-17(10-7-2)23(21,22)13-15-11-19(16-13)14(20)18(8-3)12(4)5/h6-7,11-12H,1-2,8-10H2,3-5H3. The summed E-state index contributed by atoms with van der Waals surface area (Å²) in [5, 5.41) is 3.41. The molecule has 0 bridgehead atoms. The molecule has 8 nitrogen and oxygen atoms in total. The summed E-state index contributed by atoms with van der Waals surface area (Å²) in [7, 11) is -3.91. The van der Waals surface area contributed by atoms with E-state index in [-0.39, 0.29) is 19.1 Å². The van der Waals surface area contributed by atoms with Crippen molar-refractivity contribution < 1.29 is 13.2 Å². The molecule has 1 aromatic rings. The molecule has 23 heavy (non-hydrogen) atoms. The predicted octanol–water partition coefficient (Wildman–Crippen LogP) is 1.34. The van der Waals surface area contributed by atoms with Crippen LogP contribution >= 0.6 is 0 Å². The van der Waals surface area contributed by atoms with Gasteiger partial charge in [-0.2, -0.15) is 8.99 Å². The summed E-state index contributed by atoms with van der Waals surface area (Å²) in [6.45, 7) is 13.3. The fourth-order valence-electron chi connectivity index (χ4n) is 1.99. The molecule has 0 aliphatic heterocycles. The Morgan fingerprint density at radius 1 is 1.35 bits per heavy atom. The van der Waals surface area contributed by atoms with Gasteiger partial charge in [0.05, 0.1) is 0 Å². The quantitative estimate of drug-likeness (QED) is 0.666. The van der Waals surface area contributed by atoms with Crippen LogP contribution in [0.5, 0.6) is 0 Å². The van der Waals surface area contributed by atoms with Crippen molar-refractivity contribution in [1.29, 1.82) is 0 Å². The van der Waals surface area contributed by atoms with Gasteiger partial charge < -0.3 is 4.90 Å². The summed E-state index contributed by atoms with van der Waals surface area (Å²) >= 11 is 0. The van der Waals surface area contributed by atoms with Crippen LogP contribution in [0.4, 0.5) is 4.79 Å². The maximum Gasteiger partial charge on any atom is 0.346 e. The second-order valence-corrected chi connectivity index (χ2v) is 6.87. The predicted molar refractivity (Wildman–Crippen MR) is 87.5 cm³/mol. The number of carbonyl (C=O) groups is 1. The fraction of sp³-hybridized carbons (Fsp3) is 0.500. The van der Waals surface area contributed by atoms with Gasteiger partial charge >= 0.3 is 6.03 Å². The number of hydrogen-bond acceptors (Lipinski definition) is 5. The molecular weight excluding hydrogens is 318 g/mol. The van der Waals surface area contributed by atoms with E-state index < -0.39 is 21.2 Å². The molecule has 1 aromatic heterocycles. The SMILES string of the molecule is C=CCN(CC=C)S(=O)(=O)c1ncn(C(=O)N(CC)C(C)C)n1. The van der Waals surface area contributed by atoms with Crippen LogP contribution in [0.2, 0.25) is 0 Å². The Bertz CT molecular complexity index is 656. The van der Waals surface area contributed by atoms with Crippen molar-refractivity contribution in [3.8, 4) is 0 Å². The molecule has 0 aliphatic carbocycles. The number of sulfonamides is 1. The smallest absolute Gasteiger partial charge is 0.321 e. The molecule has 0 unspecified atom stereocenters. The van der Waals surface area contributed by atoms with Crippen LogP contribution in [0, 0.1) is 0 Å². The maximum absolute atomic E-state index is 12.5. The topological polar surface area (TPSA) is 88.4 Å². The average Bonchev–Trinajstić information content (AvgIpc) is 2.97. The highest BCUT2D eigenvalue weighted by atomic mass is 32.2. The zero-order valence-corrected chi connectivity index (χ0v) is 14.5. The van der Waals surface area contributed by atoms with Gasteiger partial charge in [-0.1, -0.05) is 12.2 Å². The second kappa shape index (κ2) is 8.02. The minimum absolute atomic E-state index is 0.0326. The minimum Gasteiger partial charge on any atom is -0.321 e. The van der Waals surface area contributed by atoms with Crippen molar-refractivity contribution >= 4 is 16.1 Å². The van der Waals surface area contributed by atoms with Crippen LogP contribution in [0.1, 0.15) is 20.8 Å². The van der Waals surface area contributed by atoms with Crippen LogP contribution in [-0.4, -0.2) is 64.1 Å². The van der Waals surface area contributed by atoms with Crippen LogP contribution in [0.3, 0.4) is 0 Å². The summed E-state index contributed by atoms with van der Waals surface area (Å²) in [5.41, 5.74) is 0. The average molecular weight is 341 g/mol. The summed E-state index contributed by atoms with van der Waals surface area (Å²) in [4.78, 5) is 17.7. The van der Waals surface area contributed by atoms with E-state index in [1.165, 1.54) is 12.2 Å². The van der Waals surface area contributed by atoms with Crippen molar-refractivity contribution in [3.05, 3.63) is 31.6 Å². The minimum atomic E-state index is -3.91. The summed E-state index contributed by atoms with van der Waals surface area (Å²) in [6, 6.07) is -0.453. The molecule has 0 radical (unpaired) electrons. The molecule has 0 atom stereocenters. The Hall–Kier alpha value is -2.00. The Morgan fingerprint density at radius 3 is 2.35 bits per heavy atom. The highest BCUT2D eigenvalue weighted by Gasteiger charge is 2.28. The Kier molecular flexibility index (Phi) is 6.64. The second-order valence-electron chi connectivity index (χ2n) is 5.03. The number of aromatic nitrogens is 3. The largest absolute Gasteiger partial charge is 0.346 e. The maximum atomic E-state index is 12.5. The van der Waals surface area contributed by atoms with Gasteiger partial charge in [-0.25, -0.2) is 18.2 Å². The number of carbonyl (C=O) groups excluding carboxylic acids is 1. The molecule has 1 rings (SSSR count). The summed E-state index contributed by atoms with van der Waals surface area (Å²) < 4.78 is 27.0. The Labute approximate surface area is 137 Å². The molecule has 0 spiro atoms. The van der Waals surface area contributed by atoms with Crippen LogP contribution < -0.4 is 0 Å². The molecule has 0 saturated carbocycles. The van der Waals surface area contributed by atoms with Crippen LogP contribution in [0.15, 0.2) is 36.8 Å². The number of nitrogens with zero attached hydrogens (tertiary/aromatic N) is 5. The van der Waals surface area contributed by atoms with E-state index in [2.05, 4.69) is 23.2 Å². The normalized spacial score (nSPS) is 11.7. The fourth-order valence-corrected chi connectivity index (χ4v) is 3.19. The van der Waals surface area contributed by atoms with E-state index in [1.54, 1.807) is 4.90 Å². The number of amides is 1. The van der Waals surface area contributed by atoms with Gasteiger partial charge in [-0.05, 0) is 20.8 Å². The highest BCUT2D eigenvalue weighted by Crippen LogP contribution is 2.11. The van der Waals surface area contributed by atoms with Gasteiger partial charge in [0.15, 0.2) is 0 Å². The third-order valence-corrected chi connectivity index (χ3v) is 4.74. The molecule has 128 valence electrons. The van der Waals surface area contributed by atoms with E-state index in [0.29, 0.717) is 6.54 Å². The van der Waals surface area contributed by atoms with Gasteiger partial charge in [0.25, 0.3) is 15.2 Å². The van der Waals surface area contributed by atoms with Gasteiger partial charge in [-0.15, -0.1) is 18.3 Å². The van der Waals surface area contributed by atoms with E-state index in [4.69, 9.17) is 0 Å². The van der Waals surface area contributed by atoms with E-state index in [1.807, 2.05) is 20.8 Å². The van der Waals surface area contributed by atoms with Crippen molar-refractivity contribution in [2.24, 2.45) is 0 Å². The van der Waals surface area contributed by atoms with Crippen molar-refractivity contribution in [3.63, 3.8) is 0 Å². The van der Waals surface area contributed by atoms with E-state index in [0.717, 1.165) is 15.3 Å². The molecule has 0 fully saturated rings. The molecule has 1 amide bonds. The first-order valence-corrected chi connectivity index (χ1v) is 8.68. The molecule has 0 aromatic carbocycles. The lowest BCUT2D eigenvalue weighted by Crippen LogP contribution is -2.40. The third-order valence-electron chi connectivity index (χ3n) is 3.11. The third kappa shape index (κ3) is 4.26.